The smallest absolute Gasteiger partial charge is 0.326 e. The maximum atomic E-state index is 12.4. The Balaban J connectivity index is 1.53. The fourth-order valence-corrected chi connectivity index (χ4v) is 4.20. The topological polar surface area (TPSA) is 166 Å². The Hall–Kier alpha value is -3.93. The number of anilines is 4. The first kappa shape index (κ1) is 25.2. The molecule has 0 aromatic carbocycles. The summed E-state index contributed by atoms with van der Waals surface area (Å²) in [5.41, 5.74) is 7.47. The van der Waals surface area contributed by atoms with E-state index in [1.165, 1.54) is 6.20 Å². The van der Waals surface area contributed by atoms with Gasteiger partial charge in [-0.3, -0.25) is 14.6 Å². The van der Waals surface area contributed by atoms with E-state index in [9.17, 15) is 14.7 Å². The quantitative estimate of drug-likeness (QED) is 0.253. The van der Waals surface area contributed by atoms with E-state index in [-0.39, 0.29) is 36.7 Å². The molecule has 0 radical (unpaired) electrons. The number of esters is 2. The van der Waals surface area contributed by atoms with E-state index in [0.29, 0.717) is 17.3 Å². The summed E-state index contributed by atoms with van der Waals surface area (Å²) in [6, 6.07) is 7.46. The number of pyridine rings is 2. The standard InChI is InChI=1S/C24H31N7O5/c1-3-35-22(33)20(23(34)36-4-2)21-17(25)12-15(13-26-21)28-24-29-19-7-5-6-18(31(19)30-24)27-14-8-10-16(32)11-9-14/h5-7,12-14,16,20,27,32H,3-4,8-11,25H2,1-2H3,(H,28,30)/t14-,16+. The molecule has 5 N–H and O–H groups in total. The third-order valence-electron chi connectivity index (χ3n) is 5.93. The van der Waals surface area contributed by atoms with Crippen molar-refractivity contribution in [3.05, 3.63) is 36.2 Å². The first-order chi connectivity index (χ1) is 17.4. The summed E-state index contributed by atoms with van der Waals surface area (Å²) >= 11 is 0. The van der Waals surface area contributed by atoms with Crippen LogP contribution in [-0.4, -0.2) is 62.0 Å². The number of aliphatic hydroxyl groups excluding tert-OH is 1. The number of nitrogen functional groups attached to an aromatic ring is 1. The summed E-state index contributed by atoms with van der Waals surface area (Å²) in [5, 5.41) is 20.9. The van der Waals surface area contributed by atoms with Gasteiger partial charge in [0, 0.05) is 6.04 Å². The highest BCUT2D eigenvalue weighted by atomic mass is 16.6. The van der Waals surface area contributed by atoms with E-state index in [0.717, 1.165) is 31.5 Å². The zero-order valence-corrected chi connectivity index (χ0v) is 20.3. The molecule has 0 aliphatic heterocycles. The molecule has 3 aromatic rings. The van der Waals surface area contributed by atoms with Gasteiger partial charge in [-0.05, 0) is 57.7 Å². The average Bonchev–Trinajstić information content (AvgIpc) is 3.26. The summed E-state index contributed by atoms with van der Waals surface area (Å²) < 4.78 is 11.7. The van der Waals surface area contributed by atoms with E-state index in [2.05, 4.69) is 25.7 Å². The zero-order valence-electron chi connectivity index (χ0n) is 20.3. The summed E-state index contributed by atoms with van der Waals surface area (Å²) in [6.45, 7) is 3.50. The van der Waals surface area contributed by atoms with E-state index in [4.69, 9.17) is 15.2 Å². The predicted octanol–water partition coefficient (Wildman–Crippen LogP) is 2.38. The van der Waals surface area contributed by atoms with Crippen LogP contribution >= 0.6 is 0 Å². The van der Waals surface area contributed by atoms with Crippen molar-refractivity contribution >= 4 is 40.7 Å². The van der Waals surface area contributed by atoms with E-state index in [1.807, 2.05) is 18.2 Å². The minimum atomic E-state index is -1.37. The molecule has 1 saturated carbocycles. The SMILES string of the molecule is CCOC(=O)C(C(=O)OCC)c1ncc(Nc2nc3cccc(N[C@H]4CC[C@@H](O)CC4)n3n2)cc1N. The van der Waals surface area contributed by atoms with Crippen LogP contribution in [0.1, 0.15) is 51.1 Å². The van der Waals surface area contributed by atoms with Crippen LogP contribution in [0.25, 0.3) is 5.65 Å². The zero-order chi connectivity index (χ0) is 25.7. The molecule has 0 atom stereocenters. The molecule has 12 nitrogen and oxygen atoms in total. The van der Waals surface area contributed by atoms with Gasteiger partial charge in [-0.1, -0.05) is 6.07 Å². The fourth-order valence-electron chi connectivity index (χ4n) is 4.20. The van der Waals surface area contributed by atoms with Crippen molar-refractivity contribution < 1.29 is 24.2 Å². The van der Waals surface area contributed by atoms with Crippen LogP contribution < -0.4 is 16.4 Å². The molecule has 0 amide bonds. The van der Waals surface area contributed by atoms with Crippen molar-refractivity contribution in [3.8, 4) is 0 Å². The molecule has 4 rings (SSSR count). The molecule has 0 unspecified atom stereocenters. The number of carbonyl (C=O) groups excluding carboxylic acids is 2. The molecule has 1 fully saturated rings. The van der Waals surface area contributed by atoms with Gasteiger partial charge in [-0.15, -0.1) is 5.10 Å². The highest BCUT2D eigenvalue weighted by Gasteiger charge is 2.34. The van der Waals surface area contributed by atoms with Crippen LogP contribution in [0, 0.1) is 0 Å². The number of ether oxygens (including phenoxy) is 2. The Morgan fingerprint density at radius 2 is 1.86 bits per heavy atom. The minimum Gasteiger partial charge on any atom is -0.465 e. The third-order valence-corrected chi connectivity index (χ3v) is 5.93. The van der Waals surface area contributed by atoms with Gasteiger partial charge in [0.25, 0.3) is 0 Å². The summed E-state index contributed by atoms with van der Waals surface area (Å²) in [4.78, 5) is 33.6. The lowest BCUT2D eigenvalue weighted by atomic mass is 9.93. The molecule has 36 heavy (non-hydrogen) atoms. The second-order valence-corrected chi connectivity index (χ2v) is 8.53. The lowest BCUT2D eigenvalue weighted by Crippen LogP contribution is -2.29. The molecule has 3 aromatic heterocycles. The lowest BCUT2D eigenvalue weighted by Gasteiger charge is -2.26. The molecule has 192 valence electrons. The van der Waals surface area contributed by atoms with Crippen molar-refractivity contribution in [1.82, 2.24) is 19.6 Å². The summed E-state index contributed by atoms with van der Waals surface area (Å²) in [7, 11) is 0. The van der Waals surface area contributed by atoms with Gasteiger partial charge in [-0.25, -0.2) is 0 Å². The Labute approximate surface area is 208 Å². The first-order valence-corrected chi connectivity index (χ1v) is 12.1. The number of aromatic nitrogens is 4. The maximum Gasteiger partial charge on any atom is 0.326 e. The number of carbonyl (C=O) groups is 2. The van der Waals surface area contributed by atoms with Crippen LogP contribution in [0.4, 0.5) is 23.1 Å². The van der Waals surface area contributed by atoms with Crippen LogP contribution in [0.5, 0.6) is 0 Å². The highest BCUT2D eigenvalue weighted by Crippen LogP contribution is 2.27. The van der Waals surface area contributed by atoms with Crippen LogP contribution in [0.2, 0.25) is 0 Å². The monoisotopic (exact) mass is 497 g/mol. The maximum absolute atomic E-state index is 12.4. The van der Waals surface area contributed by atoms with Gasteiger partial charge >= 0.3 is 11.9 Å². The number of nitrogens with one attached hydrogen (secondary N) is 2. The first-order valence-electron chi connectivity index (χ1n) is 12.1. The molecule has 1 aliphatic rings. The largest absolute Gasteiger partial charge is 0.465 e. The number of hydrogen-bond donors (Lipinski definition) is 4. The highest BCUT2D eigenvalue weighted by molar-refractivity contribution is 6.01. The number of rotatable bonds is 9. The van der Waals surface area contributed by atoms with Gasteiger partial charge in [0.1, 0.15) is 5.82 Å². The van der Waals surface area contributed by atoms with Gasteiger partial charge in [0.15, 0.2) is 11.6 Å². The fraction of sp³-hybridized carbons (Fsp3) is 0.458. The van der Waals surface area contributed by atoms with Crippen molar-refractivity contribution in [3.63, 3.8) is 0 Å². The number of nitrogens with zero attached hydrogens (tertiary/aromatic N) is 4. The number of aliphatic hydroxyl groups is 1. The average molecular weight is 498 g/mol. The Morgan fingerprint density at radius 1 is 1.17 bits per heavy atom. The molecule has 1 aliphatic carbocycles. The van der Waals surface area contributed by atoms with Gasteiger partial charge in [0.2, 0.25) is 5.95 Å². The van der Waals surface area contributed by atoms with Crippen LogP contribution in [0.15, 0.2) is 30.5 Å². The van der Waals surface area contributed by atoms with Crippen LogP contribution in [-0.2, 0) is 19.1 Å². The van der Waals surface area contributed by atoms with Gasteiger partial charge in [-0.2, -0.15) is 9.50 Å². The van der Waals surface area contributed by atoms with Crippen molar-refractivity contribution in [2.24, 2.45) is 0 Å². The number of nitrogens with two attached hydrogens (primary N) is 1. The Morgan fingerprint density at radius 3 is 2.50 bits per heavy atom. The third kappa shape index (κ3) is 5.65. The normalized spacial score (nSPS) is 17.7. The Kier molecular flexibility index (Phi) is 7.84. The predicted molar refractivity (Wildman–Crippen MR) is 133 cm³/mol. The summed E-state index contributed by atoms with van der Waals surface area (Å²) in [6.07, 6.45) is 4.53. The number of fused-ring (bicyclic) bond motifs is 1. The van der Waals surface area contributed by atoms with Crippen LogP contribution in [0.3, 0.4) is 0 Å². The molecule has 0 bridgehead atoms. The molecule has 12 heteroatoms. The summed E-state index contributed by atoms with van der Waals surface area (Å²) in [5.74, 6) is -1.80. The molecule has 0 saturated heterocycles. The molecular formula is C24H31N7O5. The van der Waals surface area contributed by atoms with E-state index >= 15 is 0 Å². The van der Waals surface area contributed by atoms with Gasteiger partial charge < -0.3 is 30.9 Å². The second kappa shape index (κ2) is 11.2. The molecular weight excluding hydrogens is 466 g/mol. The molecule has 0 spiro atoms. The van der Waals surface area contributed by atoms with E-state index < -0.39 is 17.9 Å². The van der Waals surface area contributed by atoms with Gasteiger partial charge in [0.05, 0.1) is 42.6 Å². The van der Waals surface area contributed by atoms with Crippen molar-refractivity contribution in [2.75, 3.05) is 29.6 Å². The van der Waals surface area contributed by atoms with Crippen molar-refractivity contribution in [1.29, 1.82) is 0 Å². The molecule has 3 heterocycles. The number of hydrogen-bond acceptors (Lipinski definition) is 11. The minimum absolute atomic E-state index is 0.0597. The van der Waals surface area contributed by atoms with E-state index in [1.54, 1.807) is 24.4 Å². The Bertz CT molecular complexity index is 1200. The lowest BCUT2D eigenvalue weighted by molar-refractivity contribution is -0.157. The van der Waals surface area contributed by atoms with Crippen molar-refractivity contribution in [2.45, 2.75) is 57.6 Å². The second-order valence-electron chi connectivity index (χ2n) is 8.53.